The molecule has 5 rings (SSSR count). The second-order valence-electron chi connectivity index (χ2n) is 9.85. The van der Waals surface area contributed by atoms with Gasteiger partial charge in [0.25, 0.3) is 5.91 Å². The van der Waals surface area contributed by atoms with Gasteiger partial charge >= 0.3 is 6.18 Å². The van der Waals surface area contributed by atoms with Crippen molar-refractivity contribution >= 4 is 22.7 Å². The van der Waals surface area contributed by atoms with Gasteiger partial charge in [-0.25, -0.2) is 13.2 Å². The first-order chi connectivity index (χ1) is 20.4. The Balaban J connectivity index is 1.52. The van der Waals surface area contributed by atoms with Gasteiger partial charge in [-0.1, -0.05) is 12.1 Å². The maximum atomic E-state index is 14.2. The molecule has 0 saturated heterocycles. The Labute approximate surface area is 240 Å². The summed E-state index contributed by atoms with van der Waals surface area (Å²) < 4.78 is 82.3. The van der Waals surface area contributed by atoms with E-state index in [-0.39, 0.29) is 35.0 Å². The number of fused-ring (bicyclic) bond motifs is 1. The molecule has 0 bridgehead atoms. The van der Waals surface area contributed by atoms with Crippen molar-refractivity contribution in [2.75, 3.05) is 0 Å². The van der Waals surface area contributed by atoms with Crippen LogP contribution < -0.4 is 11.1 Å². The Kier molecular flexibility index (Phi) is 7.94. The molecule has 0 aliphatic rings. The number of amides is 2. The van der Waals surface area contributed by atoms with Crippen LogP contribution in [0.4, 0.5) is 26.3 Å². The van der Waals surface area contributed by atoms with Gasteiger partial charge in [0.2, 0.25) is 5.91 Å². The number of nitrogens with zero attached hydrogens (tertiary/aromatic N) is 1. The van der Waals surface area contributed by atoms with E-state index in [0.717, 1.165) is 30.3 Å². The summed E-state index contributed by atoms with van der Waals surface area (Å²) in [4.78, 5) is 32.4. The van der Waals surface area contributed by atoms with Gasteiger partial charge < -0.3 is 16.0 Å². The molecule has 0 fully saturated rings. The van der Waals surface area contributed by atoms with Crippen LogP contribution in [0.3, 0.4) is 0 Å². The van der Waals surface area contributed by atoms with Crippen molar-refractivity contribution in [3.05, 3.63) is 125 Å². The molecule has 0 aliphatic carbocycles. The lowest BCUT2D eigenvalue weighted by molar-refractivity contribution is -0.137. The van der Waals surface area contributed by atoms with Crippen molar-refractivity contribution < 1.29 is 35.9 Å². The van der Waals surface area contributed by atoms with E-state index in [1.807, 2.05) is 0 Å². The summed E-state index contributed by atoms with van der Waals surface area (Å²) in [5.74, 6) is -4.14. The van der Waals surface area contributed by atoms with Crippen LogP contribution >= 0.6 is 0 Å². The monoisotopic (exact) mass is 596 g/mol. The highest BCUT2D eigenvalue weighted by molar-refractivity contribution is 5.94. The Bertz CT molecular complexity index is 1830. The molecule has 2 amide bonds. The molecule has 0 aliphatic heterocycles. The normalized spacial score (nSPS) is 12.3. The van der Waals surface area contributed by atoms with Crippen LogP contribution in [0.5, 0.6) is 0 Å². The van der Waals surface area contributed by atoms with Crippen LogP contribution in [-0.4, -0.2) is 21.8 Å². The number of primary amides is 1. The molecule has 1 atom stereocenters. The molecule has 3 aromatic carbocycles. The lowest BCUT2D eigenvalue weighted by Gasteiger charge is -2.22. The number of H-pyrrole nitrogens is 1. The fourth-order valence-corrected chi connectivity index (χ4v) is 4.92. The molecule has 43 heavy (non-hydrogen) atoms. The van der Waals surface area contributed by atoms with E-state index < -0.39 is 47.0 Å². The zero-order valence-corrected chi connectivity index (χ0v) is 22.1. The van der Waals surface area contributed by atoms with Crippen molar-refractivity contribution in [2.45, 2.75) is 25.1 Å². The van der Waals surface area contributed by atoms with Crippen molar-refractivity contribution in [2.24, 2.45) is 5.73 Å². The second kappa shape index (κ2) is 11.6. The fourth-order valence-electron chi connectivity index (χ4n) is 4.92. The minimum absolute atomic E-state index is 0.138. The van der Waals surface area contributed by atoms with E-state index in [4.69, 9.17) is 5.73 Å². The molecule has 4 N–H and O–H groups in total. The molecule has 0 unspecified atom stereocenters. The van der Waals surface area contributed by atoms with Crippen LogP contribution in [0.25, 0.3) is 22.0 Å². The molecule has 0 saturated carbocycles. The highest BCUT2D eigenvalue weighted by Crippen LogP contribution is 2.33. The maximum Gasteiger partial charge on any atom is 0.416 e. The highest BCUT2D eigenvalue weighted by atomic mass is 19.4. The number of pyridine rings is 1. The topological polar surface area (TPSA) is 101 Å². The van der Waals surface area contributed by atoms with Gasteiger partial charge in [-0.05, 0) is 71.6 Å². The third-order valence-electron chi connectivity index (χ3n) is 6.85. The van der Waals surface area contributed by atoms with Gasteiger partial charge in [0, 0.05) is 34.9 Å². The molecular formula is C31H22F6N4O2. The standard InChI is InChI=1S/C31H22F6N4O2/c32-20-8-16(9-21(33)14-20)10-27(29-22(2-1-7-39-29)17-3-5-25(34)24(11-17)30(38)43)41-28(42)12-18-15-40-26-6-4-19(13-23(18)26)31(35,36)37/h1-9,11,13-15,27,40H,10,12H2,(H2,38,43)(H,41,42)/t27-/m0/s1. The number of benzene rings is 3. The third kappa shape index (κ3) is 6.53. The van der Waals surface area contributed by atoms with Gasteiger partial charge in [-0.3, -0.25) is 14.6 Å². The summed E-state index contributed by atoms with van der Waals surface area (Å²) in [7, 11) is 0. The molecule has 220 valence electrons. The fraction of sp³-hybridized carbons (Fsp3) is 0.129. The molecule has 0 radical (unpaired) electrons. The Hall–Kier alpha value is -5.13. The van der Waals surface area contributed by atoms with Crippen LogP contribution in [0, 0.1) is 17.5 Å². The van der Waals surface area contributed by atoms with Crippen molar-refractivity contribution in [3.63, 3.8) is 0 Å². The van der Waals surface area contributed by atoms with E-state index in [2.05, 4.69) is 15.3 Å². The number of rotatable bonds is 8. The number of halogens is 6. The third-order valence-corrected chi connectivity index (χ3v) is 6.85. The zero-order chi connectivity index (χ0) is 30.9. The molecule has 2 heterocycles. The van der Waals surface area contributed by atoms with E-state index in [1.54, 1.807) is 12.1 Å². The lowest BCUT2D eigenvalue weighted by Crippen LogP contribution is -2.32. The number of alkyl halides is 3. The summed E-state index contributed by atoms with van der Waals surface area (Å²) >= 11 is 0. The second-order valence-corrected chi connectivity index (χ2v) is 9.85. The largest absolute Gasteiger partial charge is 0.416 e. The van der Waals surface area contributed by atoms with Gasteiger partial charge in [0.1, 0.15) is 17.5 Å². The minimum atomic E-state index is -4.58. The van der Waals surface area contributed by atoms with Crippen LogP contribution in [0.15, 0.2) is 79.1 Å². The predicted molar refractivity (Wildman–Crippen MR) is 146 cm³/mol. The summed E-state index contributed by atoms with van der Waals surface area (Å²) in [5, 5.41) is 2.99. The number of hydrogen-bond donors (Lipinski definition) is 3. The van der Waals surface area contributed by atoms with E-state index in [9.17, 15) is 35.9 Å². The van der Waals surface area contributed by atoms with Crippen molar-refractivity contribution in [1.29, 1.82) is 0 Å². The smallest absolute Gasteiger partial charge is 0.366 e. The number of aromatic nitrogens is 2. The number of hydrogen-bond acceptors (Lipinski definition) is 3. The Morgan fingerprint density at radius 1 is 0.953 bits per heavy atom. The van der Waals surface area contributed by atoms with Gasteiger partial charge in [-0.15, -0.1) is 0 Å². The summed E-state index contributed by atoms with van der Waals surface area (Å²) in [6, 6.07) is 11.8. The maximum absolute atomic E-state index is 14.2. The van der Waals surface area contributed by atoms with Crippen molar-refractivity contribution in [1.82, 2.24) is 15.3 Å². The summed E-state index contributed by atoms with van der Waals surface area (Å²) in [5.41, 5.74) is 5.85. The molecule has 6 nitrogen and oxygen atoms in total. The quantitative estimate of drug-likeness (QED) is 0.181. The van der Waals surface area contributed by atoms with E-state index >= 15 is 0 Å². The van der Waals surface area contributed by atoms with Crippen LogP contribution in [-0.2, 0) is 23.8 Å². The van der Waals surface area contributed by atoms with Crippen LogP contribution in [0.1, 0.15) is 38.8 Å². The first-order valence-corrected chi connectivity index (χ1v) is 12.8. The number of nitrogens with two attached hydrogens (primary N) is 1. The Morgan fingerprint density at radius 2 is 1.70 bits per heavy atom. The SMILES string of the molecule is NC(=O)c1cc(-c2cccnc2[C@H](Cc2cc(F)cc(F)c2)NC(=O)Cc2c[nH]c3ccc(C(F)(F)F)cc23)ccc1F. The molecule has 0 spiro atoms. The number of aromatic amines is 1. The average molecular weight is 597 g/mol. The number of nitrogens with one attached hydrogen (secondary N) is 2. The lowest BCUT2D eigenvalue weighted by atomic mass is 9.94. The summed E-state index contributed by atoms with van der Waals surface area (Å²) in [6.07, 6.45) is -2.21. The number of carbonyl (C=O) groups excluding carboxylic acids is 2. The van der Waals surface area contributed by atoms with E-state index in [1.165, 1.54) is 30.6 Å². The molecule has 2 aromatic heterocycles. The van der Waals surface area contributed by atoms with Gasteiger partial charge in [-0.2, -0.15) is 13.2 Å². The molecule has 5 aromatic rings. The average Bonchev–Trinajstić information content (AvgIpc) is 3.33. The van der Waals surface area contributed by atoms with E-state index in [0.29, 0.717) is 28.3 Å². The number of carbonyl (C=O) groups is 2. The zero-order valence-electron chi connectivity index (χ0n) is 22.1. The predicted octanol–water partition coefficient (Wildman–Crippen LogP) is 6.41. The van der Waals surface area contributed by atoms with Crippen molar-refractivity contribution in [3.8, 4) is 11.1 Å². The summed E-state index contributed by atoms with van der Waals surface area (Å²) in [6.45, 7) is 0. The van der Waals surface area contributed by atoms with Gasteiger partial charge in [0.05, 0.1) is 29.3 Å². The van der Waals surface area contributed by atoms with Gasteiger partial charge in [0.15, 0.2) is 0 Å². The first-order valence-electron chi connectivity index (χ1n) is 12.8. The first kappa shape index (κ1) is 29.4. The highest BCUT2D eigenvalue weighted by Gasteiger charge is 2.31. The molecular weight excluding hydrogens is 574 g/mol. The molecule has 12 heteroatoms. The minimum Gasteiger partial charge on any atom is -0.366 e. The Morgan fingerprint density at radius 3 is 2.40 bits per heavy atom. The van der Waals surface area contributed by atoms with Crippen LogP contribution in [0.2, 0.25) is 0 Å².